The lowest BCUT2D eigenvalue weighted by molar-refractivity contribution is -0.132. The molecule has 0 amide bonds. The summed E-state index contributed by atoms with van der Waals surface area (Å²) in [4.78, 5) is 27.2. The molecule has 0 saturated carbocycles. The molecule has 1 aromatic rings. The van der Waals surface area contributed by atoms with Gasteiger partial charge in [0.2, 0.25) is 0 Å². The van der Waals surface area contributed by atoms with Crippen molar-refractivity contribution in [2.75, 3.05) is 21.3 Å². The van der Waals surface area contributed by atoms with E-state index in [1.54, 1.807) is 26.0 Å². The summed E-state index contributed by atoms with van der Waals surface area (Å²) in [6.45, 7) is 5.53. The highest BCUT2D eigenvalue weighted by atomic mass is 16.6. The van der Waals surface area contributed by atoms with E-state index in [4.69, 9.17) is 19.2 Å². The van der Waals surface area contributed by atoms with Gasteiger partial charge in [-0.3, -0.25) is 0 Å². The highest BCUT2D eigenvalue weighted by Gasteiger charge is 2.20. The Morgan fingerprint density at radius 3 is 2.15 bits per heavy atom. The van der Waals surface area contributed by atoms with Crippen molar-refractivity contribution >= 4 is 23.1 Å². The van der Waals surface area contributed by atoms with E-state index in [0.29, 0.717) is 29.0 Å². The zero-order valence-corrected chi connectivity index (χ0v) is 16.0. The third-order valence-corrected chi connectivity index (χ3v) is 3.52. The summed E-state index contributed by atoms with van der Waals surface area (Å²) in [7, 11) is 4.12. The van der Waals surface area contributed by atoms with Gasteiger partial charge in [0.1, 0.15) is 14.2 Å². The Labute approximate surface area is 153 Å². The van der Waals surface area contributed by atoms with E-state index in [2.05, 4.69) is 15.5 Å². The summed E-state index contributed by atoms with van der Waals surface area (Å²) in [5, 5.41) is 11.8. The molecule has 1 atom stereocenters. The van der Waals surface area contributed by atoms with Crippen molar-refractivity contribution in [3.05, 3.63) is 35.4 Å². The van der Waals surface area contributed by atoms with E-state index < -0.39 is 5.97 Å². The van der Waals surface area contributed by atoms with Crippen molar-refractivity contribution in [3.8, 4) is 0 Å². The molecule has 0 aliphatic rings. The molecule has 0 aromatic heterocycles. The minimum atomic E-state index is -0.609. The molecule has 1 aromatic carbocycles. The van der Waals surface area contributed by atoms with Crippen LogP contribution in [-0.2, 0) is 24.0 Å². The Morgan fingerprint density at radius 2 is 1.62 bits per heavy atom. The molecule has 8 nitrogen and oxygen atoms in total. The topological polar surface area (TPSA) is 91.1 Å². The number of methoxy groups -OCH3 is 1. The molecule has 1 unspecified atom stereocenters. The van der Waals surface area contributed by atoms with Crippen LogP contribution in [0.2, 0.25) is 0 Å². The van der Waals surface area contributed by atoms with Gasteiger partial charge < -0.3 is 19.2 Å². The number of nitrogens with zero attached hydrogens (tertiary/aromatic N) is 3. The number of ether oxygens (including phenoxy) is 1. The van der Waals surface area contributed by atoms with Crippen LogP contribution >= 0.6 is 0 Å². The van der Waals surface area contributed by atoms with Crippen LogP contribution in [0.25, 0.3) is 0 Å². The lowest BCUT2D eigenvalue weighted by atomic mass is 10.00. The minimum Gasteiger partial charge on any atom is -0.464 e. The van der Waals surface area contributed by atoms with Gasteiger partial charge in [0.25, 0.3) is 0 Å². The summed E-state index contributed by atoms with van der Waals surface area (Å²) < 4.78 is 4.78. The molecular weight excluding hydrogens is 338 g/mol. The van der Waals surface area contributed by atoms with Gasteiger partial charge in [-0.25, -0.2) is 4.79 Å². The molecule has 0 radical (unpaired) electrons. The number of carbonyl (C=O) groups excluding carboxylic acids is 1. The first-order valence-electron chi connectivity index (χ1n) is 8.07. The standard InChI is InChI=1S/C18H25N3O5/c1-7-16(13(3)19-24-5)26-20-12(2)14-10-8-9-11-15(14)17(21-25-6)18(22)23-4/h8-11,16H,7H2,1-6H3/b19-13-,20-12-,21-17-. The minimum absolute atomic E-state index is 0.0457. The summed E-state index contributed by atoms with van der Waals surface area (Å²) >= 11 is 0. The van der Waals surface area contributed by atoms with Gasteiger partial charge in [0.05, 0.1) is 18.5 Å². The van der Waals surface area contributed by atoms with Crippen molar-refractivity contribution in [2.24, 2.45) is 15.5 Å². The van der Waals surface area contributed by atoms with Gasteiger partial charge in [-0.2, -0.15) is 0 Å². The van der Waals surface area contributed by atoms with Gasteiger partial charge in [0.15, 0.2) is 11.8 Å². The molecule has 8 heteroatoms. The smallest absolute Gasteiger partial charge is 0.360 e. The Balaban J connectivity index is 3.21. The van der Waals surface area contributed by atoms with Crippen LogP contribution in [0.5, 0.6) is 0 Å². The molecule has 0 aliphatic heterocycles. The summed E-state index contributed by atoms with van der Waals surface area (Å²) in [5.41, 5.74) is 2.49. The lowest BCUT2D eigenvalue weighted by Crippen LogP contribution is -2.22. The van der Waals surface area contributed by atoms with Crippen LogP contribution in [0, 0.1) is 0 Å². The van der Waals surface area contributed by atoms with Crippen LogP contribution in [-0.4, -0.2) is 50.5 Å². The zero-order chi connectivity index (χ0) is 19.5. The summed E-state index contributed by atoms with van der Waals surface area (Å²) in [5.74, 6) is -0.609. The number of esters is 1. The maximum absolute atomic E-state index is 12.0. The van der Waals surface area contributed by atoms with Crippen LogP contribution in [0.3, 0.4) is 0 Å². The third kappa shape index (κ3) is 5.58. The first-order valence-corrected chi connectivity index (χ1v) is 8.07. The Morgan fingerprint density at radius 1 is 1.00 bits per heavy atom. The molecule has 0 spiro atoms. The van der Waals surface area contributed by atoms with Crippen molar-refractivity contribution < 1.29 is 24.0 Å². The molecule has 26 heavy (non-hydrogen) atoms. The predicted molar refractivity (Wildman–Crippen MR) is 99.5 cm³/mol. The number of oxime groups is 3. The monoisotopic (exact) mass is 363 g/mol. The summed E-state index contributed by atoms with van der Waals surface area (Å²) in [6.07, 6.45) is 0.361. The average molecular weight is 363 g/mol. The van der Waals surface area contributed by atoms with Gasteiger partial charge in [-0.05, 0) is 20.3 Å². The van der Waals surface area contributed by atoms with Crippen molar-refractivity contribution in [2.45, 2.75) is 33.3 Å². The third-order valence-electron chi connectivity index (χ3n) is 3.52. The molecule has 0 N–H and O–H groups in total. The molecule has 0 fully saturated rings. The van der Waals surface area contributed by atoms with Crippen molar-refractivity contribution in [1.29, 1.82) is 0 Å². The highest BCUT2D eigenvalue weighted by molar-refractivity contribution is 6.44. The second-order valence-corrected chi connectivity index (χ2v) is 5.25. The number of benzene rings is 1. The van der Waals surface area contributed by atoms with E-state index >= 15 is 0 Å². The van der Waals surface area contributed by atoms with E-state index in [9.17, 15) is 4.79 Å². The fraction of sp³-hybridized carbons (Fsp3) is 0.444. The summed E-state index contributed by atoms with van der Waals surface area (Å²) in [6, 6.07) is 7.15. The van der Waals surface area contributed by atoms with Gasteiger partial charge in [-0.15, -0.1) is 0 Å². The molecule has 142 valence electrons. The molecular formula is C18H25N3O5. The number of rotatable bonds is 9. The van der Waals surface area contributed by atoms with Crippen LogP contribution < -0.4 is 0 Å². The Kier molecular flexibility index (Phi) is 8.83. The second-order valence-electron chi connectivity index (χ2n) is 5.25. The number of hydrogen-bond acceptors (Lipinski definition) is 8. The predicted octanol–water partition coefficient (Wildman–Crippen LogP) is 2.75. The van der Waals surface area contributed by atoms with Gasteiger partial charge in [0, 0.05) is 11.1 Å². The maximum Gasteiger partial charge on any atom is 0.360 e. The van der Waals surface area contributed by atoms with Gasteiger partial charge >= 0.3 is 5.97 Å². The maximum atomic E-state index is 12.0. The van der Waals surface area contributed by atoms with E-state index in [0.717, 1.165) is 0 Å². The van der Waals surface area contributed by atoms with E-state index in [1.165, 1.54) is 21.3 Å². The van der Waals surface area contributed by atoms with Crippen molar-refractivity contribution in [1.82, 2.24) is 0 Å². The fourth-order valence-electron chi connectivity index (χ4n) is 2.23. The number of hydrogen-bond donors (Lipinski definition) is 0. The SMILES string of the molecule is CCC(O/N=C(/C)c1ccccc1/C(=N/OC)C(=O)OC)/C(C)=N\OC. The molecule has 0 aliphatic carbocycles. The normalized spacial score (nSPS) is 13.8. The number of carbonyl (C=O) groups is 1. The fourth-order valence-corrected chi connectivity index (χ4v) is 2.23. The Hall–Kier alpha value is -2.90. The molecule has 0 saturated heterocycles. The van der Waals surface area contributed by atoms with Crippen LogP contribution in [0.15, 0.2) is 39.7 Å². The van der Waals surface area contributed by atoms with E-state index in [1.807, 2.05) is 19.1 Å². The first kappa shape index (κ1) is 21.1. The lowest BCUT2D eigenvalue weighted by Gasteiger charge is -2.14. The van der Waals surface area contributed by atoms with Crippen LogP contribution in [0.4, 0.5) is 0 Å². The zero-order valence-electron chi connectivity index (χ0n) is 16.0. The average Bonchev–Trinajstić information content (AvgIpc) is 2.66. The molecule has 1 rings (SSSR count). The Bertz CT molecular complexity index is 698. The molecule has 0 heterocycles. The second kappa shape index (κ2) is 10.9. The molecule has 0 bridgehead atoms. The van der Waals surface area contributed by atoms with E-state index in [-0.39, 0.29) is 11.8 Å². The van der Waals surface area contributed by atoms with Crippen molar-refractivity contribution in [3.63, 3.8) is 0 Å². The largest absolute Gasteiger partial charge is 0.464 e. The first-order chi connectivity index (χ1) is 12.5. The van der Waals surface area contributed by atoms with Crippen LogP contribution in [0.1, 0.15) is 38.3 Å². The highest BCUT2D eigenvalue weighted by Crippen LogP contribution is 2.14. The van der Waals surface area contributed by atoms with Gasteiger partial charge in [-0.1, -0.05) is 46.7 Å². The quantitative estimate of drug-likeness (QED) is 0.382.